The van der Waals surface area contributed by atoms with Gasteiger partial charge in [0.15, 0.2) is 0 Å². The molecule has 0 heterocycles. The largest absolute Gasteiger partial charge is 0.303 e. The normalized spacial score (nSPS) is 23.1. The van der Waals surface area contributed by atoms with Gasteiger partial charge in [0.25, 0.3) is 0 Å². The van der Waals surface area contributed by atoms with Gasteiger partial charge >= 0.3 is 0 Å². The monoisotopic (exact) mass is 192 g/mol. The molecule has 1 rings (SSSR count). The standard InChI is InChI=1S/C13H20O/c1-3-4-11(2)9-12-5-7-13(10-14)8-6-12/h4-5,10,13H,3,6-9H2,1-2H3/b11-4+. The van der Waals surface area contributed by atoms with Crippen LogP contribution >= 0.6 is 0 Å². The van der Waals surface area contributed by atoms with E-state index in [0.717, 1.165) is 38.4 Å². The van der Waals surface area contributed by atoms with E-state index in [1.807, 2.05) is 0 Å². The molecule has 0 aromatic rings. The summed E-state index contributed by atoms with van der Waals surface area (Å²) in [4.78, 5) is 10.6. The first kappa shape index (κ1) is 11.2. The van der Waals surface area contributed by atoms with Crippen molar-refractivity contribution in [1.82, 2.24) is 0 Å². The van der Waals surface area contributed by atoms with E-state index in [2.05, 4.69) is 26.0 Å². The van der Waals surface area contributed by atoms with Gasteiger partial charge in [-0.2, -0.15) is 0 Å². The van der Waals surface area contributed by atoms with Crippen molar-refractivity contribution in [2.75, 3.05) is 0 Å². The minimum Gasteiger partial charge on any atom is -0.303 e. The number of allylic oxidation sites excluding steroid dienone is 4. The molecule has 1 unspecified atom stereocenters. The van der Waals surface area contributed by atoms with Crippen molar-refractivity contribution in [3.63, 3.8) is 0 Å². The van der Waals surface area contributed by atoms with Gasteiger partial charge < -0.3 is 4.79 Å². The summed E-state index contributed by atoms with van der Waals surface area (Å²) < 4.78 is 0. The maximum absolute atomic E-state index is 10.6. The lowest BCUT2D eigenvalue weighted by Crippen LogP contribution is -2.06. The van der Waals surface area contributed by atoms with Crippen LogP contribution in [0.15, 0.2) is 23.3 Å². The van der Waals surface area contributed by atoms with E-state index in [9.17, 15) is 4.79 Å². The molecule has 0 saturated heterocycles. The van der Waals surface area contributed by atoms with E-state index in [0.29, 0.717) is 0 Å². The molecular formula is C13H20O. The van der Waals surface area contributed by atoms with Gasteiger partial charge in [0.1, 0.15) is 6.29 Å². The van der Waals surface area contributed by atoms with Crippen molar-refractivity contribution in [1.29, 1.82) is 0 Å². The summed E-state index contributed by atoms with van der Waals surface area (Å²) in [6.45, 7) is 4.36. The molecular weight excluding hydrogens is 172 g/mol. The lowest BCUT2D eigenvalue weighted by atomic mass is 9.88. The second-order valence-electron chi connectivity index (χ2n) is 4.17. The van der Waals surface area contributed by atoms with Crippen LogP contribution in [0.1, 0.15) is 46.0 Å². The van der Waals surface area contributed by atoms with Crippen LogP contribution in [0.25, 0.3) is 0 Å². The molecule has 0 radical (unpaired) electrons. The molecule has 1 heteroatoms. The summed E-state index contributed by atoms with van der Waals surface area (Å²) in [5.74, 6) is 0.286. The zero-order chi connectivity index (χ0) is 10.4. The highest BCUT2D eigenvalue weighted by atomic mass is 16.1. The number of carbonyl (C=O) groups is 1. The average molecular weight is 192 g/mol. The van der Waals surface area contributed by atoms with Crippen LogP contribution < -0.4 is 0 Å². The molecule has 0 aromatic carbocycles. The lowest BCUT2D eigenvalue weighted by Gasteiger charge is -2.17. The van der Waals surface area contributed by atoms with Crippen molar-refractivity contribution < 1.29 is 4.79 Å². The van der Waals surface area contributed by atoms with Crippen molar-refractivity contribution in [3.05, 3.63) is 23.3 Å². The quantitative estimate of drug-likeness (QED) is 0.491. The van der Waals surface area contributed by atoms with E-state index >= 15 is 0 Å². The molecule has 14 heavy (non-hydrogen) atoms. The van der Waals surface area contributed by atoms with Gasteiger partial charge in [0.2, 0.25) is 0 Å². The Morgan fingerprint density at radius 1 is 1.64 bits per heavy atom. The molecule has 1 atom stereocenters. The van der Waals surface area contributed by atoms with Crippen molar-refractivity contribution >= 4 is 6.29 Å². The Bertz CT molecular complexity index is 248. The van der Waals surface area contributed by atoms with Gasteiger partial charge in [-0.25, -0.2) is 0 Å². The highest BCUT2D eigenvalue weighted by Gasteiger charge is 2.12. The zero-order valence-corrected chi connectivity index (χ0v) is 9.25. The first-order chi connectivity index (χ1) is 6.76. The van der Waals surface area contributed by atoms with Gasteiger partial charge in [-0.1, -0.05) is 30.2 Å². The number of hydrogen-bond donors (Lipinski definition) is 0. The third-order valence-electron chi connectivity index (χ3n) is 2.80. The maximum Gasteiger partial charge on any atom is 0.123 e. The molecule has 0 spiro atoms. The van der Waals surface area contributed by atoms with Crippen molar-refractivity contribution in [2.45, 2.75) is 46.0 Å². The fourth-order valence-corrected chi connectivity index (χ4v) is 1.97. The Hall–Kier alpha value is -0.850. The highest BCUT2D eigenvalue weighted by molar-refractivity contribution is 5.54. The van der Waals surface area contributed by atoms with Crippen LogP contribution in [-0.2, 0) is 4.79 Å². The van der Waals surface area contributed by atoms with Gasteiger partial charge in [0, 0.05) is 5.92 Å². The van der Waals surface area contributed by atoms with E-state index in [1.54, 1.807) is 0 Å². The number of hydrogen-bond acceptors (Lipinski definition) is 1. The minimum atomic E-state index is 0.286. The Labute approximate surface area is 86.9 Å². The number of carbonyl (C=O) groups excluding carboxylic acids is 1. The summed E-state index contributed by atoms with van der Waals surface area (Å²) in [7, 11) is 0. The SMILES string of the molecule is CC/C=C(\C)CC1=CCC(C=O)CC1. The Balaban J connectivity index is 2.44. The van der Waals surface area contributed by atoms with Crippen LogP contribution in [0.4, 0.5) is 0 Å². The highest BCUT2D eigenvalue weighted by Crippen LogP contribution is 2.26. The molecule has 0 fully saturated rings. The molecule has 0 bridgehead atoms. The molecule has 0 N–H and O–H groups in total. The van der Waals surface area contributed by atoms with E-state index in [1.165, 1.54) is 11.1 Å². The van der Waals surface area contributed by atoms with Crippen LogP contribution in [0, 0.1) is 5.92 Å². The lowest BCUT2D eigenvalue weighted by molar-refractivity contribution is -0.111. The fourth-order valence-electron chi connectivity index (χ4n) is 1.97. The van der Waals surface area contributed by atoms with Crippen LogP contribution in [0.5, 0.6) is 0 Å². The number of aldehydes is 1. The van der Waals surface area contributed by atoms with Gasteiger partial charge in [0.05, 0.1) is 0 Å². The second-order valence-corrected chi connectivity index (χ2v) is 4.17. The molecule has 1 nitrogen and oxygen atoms in total. The van der Waals surface area contributed by atoms with Gasteiger partial charge in [-0.15, -0.1) is 0 Å². The van der Waals surface area contributed by atoms with Crippen LogP contribution in [0.3, 0.4) is 0 Å². The Morgan fingerprint density at radius 3 is 2.93 bits per heavy atom. The maximum atomic E-state index is 10.6. The van der Waals surface area contributed by atoms with Crippen LogP contribution in [0.2, 0.25) is 0 Å². The molecule has 1 aliphatic rings. The minimum absolute atomic E-state index is 0.286. The van der Waals surface area contributed by atoms with Gasteiger partial charge in [-0.3, -0.25) is 0 Å². The Kier molecular flexibility index (Phi) is 4.64. The smallest absolute Gasteiger partial charge is 0.123 e. The predicted octanol–water partition coefficient (Wildman–Crippen LogP) is 3.66. The van der Waals surface area contributed by atoms with Gasteiger partial charge in [-0.05, 0) is 39.0 Å². The predicted molar refractivity (Wildman–Crippen MR) is 60.2 cm³/mol. The fraction of sp³-hybridized carbons (Fsp3) is 0.615. The van der Waals surface area contributed by atoms with E-state index < -0.39 is 0 Å². The topological polar surface area (TPSA) is 17.1 Å². The molecule has 1 aliphatic carbocycles. The first-order valence-corrected chi connectivity index (χ1v) is 5.55. The summed E-state index contributed by atoms with van der Waals surface area (Å²) in [6.07, 6.45) is 11.0. The second kappa shape index (κ2) is 5.79. The summed E-state index contributed by atoms with van der Waals surface area (Å²) in [5, 5.41) is 0. The molecule has 0 amide bonds. The first-order valence-electron chi connectivity index (χ1n) is 5.55. The Morgan fingerprint density at radius 2 is 2.43 bits per heavy atom. The number of rotatable bonds is 4. The van der Waals surface area contributed by atoms with Crippen molar-refractivity contribution in [2.24, 2.45) is 5.92 Å². The molecule has 0 aromatic heterocycles. The summed E-state index contributed by atoms with van der Waals surface area (Å²) >= 11 is 0. The third kappa shape index (κ3) is 3.49. The third-order valence-corrected chi connectivity index (χ3v) is 2.80. The average Bonchev–Trinajstić information content (AvgIpc) is 2.19. The molecule has 0 saturated carbocycles. The molecule has 78 valence electrons. The molecule has 0 aliphatic heterocycles. The van der Waals surface area contributed by atoms with E-state index in [-0.39, 0.29) is 5.92 Å². The summed E-state index contributed by atoms with van der Waals surface area (Å²) in [6, 6.07) is 0. The van der Waals surface area contributed by atoms with E-state index in [4.69, 9.17) is 0 Å². The van der Waals surface area contributed by atoms with Crippen LogP contribution in [-0.4, -0.2) is 6.29 Å². The van der Waals surface area contributed by atoms with Crippen molar-refractivity contribution in [3.8, 4) is 0 Å². The zero-order valence-electron chi connectivity index (χ0n) is 9.25. The summed E-state index contributed by atoms with van der Waals surface area (Å²) in [5.41, 5.74) is 2.98.